The first kappa shape index (κ1) is 22.6. The molecular formula is C16H12BrCl3N4O3S. The lowest BCUT2D eigenvalue weighted by Crippen LogP contribution is -2.56. The van der Waals surface area contributed by atoms with Crippen LogP contribution >= 0.6 is 63.0 Å². The number of carbonyl (C=O) groups excluding carboxylic acids is 1. The number of non-ortho nitro benzene ring substituents is 1. The molecule has 1 amide bonds. The largest absolute Gasteiger partial charge is 0.339 e. The summed E-state index contributed by atoms with van der Waals surface area (Å²) >= 11 is 26.3. The number of halogens is 4. The number of alkyl halides is 3. The van der Waals surface area contributed by atoms with Gasteiger partial charge in [0.25, 0.3) is 11.6 Å². The Balaban J connectivity index is 2.11. The number of rotatable bonds is 5. The number of nitro benzene ring substituents is 1. The van der Waals surface area contributed by atoms with Gasteiger partial charge in [0.15, 0.2) is 5.11 Å². The first-order chi connectivity index (χ1) is 13.1. The highest BCUT2D eigenvalue weighted by Crippen LogP contribution is 2.30. The molecule has 0 radical (unpaired) electrons. The van der Waals surface area contributed by atoms with E-state index in [9.17, 15) is 14.9 Å². The minimum absolute atomic E-state index is 0.00995. The summed E-state index contributed by atoms with van der Waals surface area (Å²) in [6.07, 6.45) is -1.18. The number of thiocarbonyl (C=S) groups is 1. The van der Waals surface area contributed by atoms with Gasteiger partial charge in [-0.2, -0.15) is 0 Å². The van der Waals surface area contributed by atoms with Gasteiger partial charge in [-0.25, -0.2) is 0 Å². The highest BCUT2D eigenvalue weighted by molar-refractivity contribution is 9.10. The molecule has 1 atom stereocenters. The molecule has 2 aromatic rings. The Kier molecular flexibility index (Phi) is 7.85. The Morgan fingerprint density at radius 1 is 1.14 bits per heavy atom. The van der Waals surface area contributed by atoms with Gasteiger partial charge in [-0.05, 0) is 46.3 Å². The van der Waals surface area contributed by atoms with Crippen LogP contribution in [-0.2, 0) is 0 Å². The summed E-state index contributed by atoms with van der Waals surface area (Å²) in [7, 11) is 0. The molecule has 148 valence electrons. The van der Waals surface area contributed by atoms with Crippen molar-refractivity contribution in [2.24, 2.45) is 0 Å². The molecule has 0 spiro atoms. The number of hydrogen-bond donors (Lipinski definition) is 3. The SMILES string of the molecule is O=C(N[C@H](NC(=S)Nc1cccc([N+](=O)[O-])c1)C(Cl)(Cl)Cl)c1ccccc1Br. The smallest absolute Gasteiger partial charge is 0.271 e. The number of nitro groups is 1. The van der Waals surface area contributed by atoms with Crippen molar-refractivity contribution in [3.8, 4) is 0 Å². The Labute approximate surface area is 189 Å². The third-order valence-corrected chi connectivity index (χ3v) is 4.88. The van der Waals surface area contributed by atoms with Crippen molar-refractivity contribution in [1.82, 2.24) is 10.6 Å². The molecule has 0 bridgehead atoms. The van der Waals surface area contributed by atoms with E-state index in [1.807, 2.05) is 0 Å². The fourth-order valence-corrected chi connectivity index (χ4v) is 3.08. The van der Waals surface area contributed by atoms with Gasteiger partial charge in [-0.1, -0.05) is 53.0 Å². The Hall–Kier alpha value is -1.65. The van der Waals surface area contributed by atoms with E-state index in [2.05, 4.69) is 31.9 Å². The molecule has 0 heterocycles. The summed E-state index contributed by atoms with van der Waals surface area (Å²) in [5.41, 5.74) is 0.570. The maximum atomic E-state index is 12.5. The van der Waals surface area contributed by atoms with E-state index in [-0.39, 0.29) is 10.8 Å². The van der Waals surface area contributed by atoms with Crippen molar-refractivity contribution in [3.05, 3.63) is 68.7 Å². The lowest BCUT2D eigenvalue weighted by atomic mass is 10.2. The summed E-state index contributed by atoms with van der Waals surface area (Å²) in [5.74, 6) is -0.505. The Morgan fingerprint density at radius 2 is 1.82 bits per heavy atom. The van der Waals surface area contributed by atoms with E-state index in [0.717, 1.165) is 0 Å². The number of benzene rings is 2. The summed E-state index contributed by atoms with van der Waals surface area (Å²) in [6, 6.07) is 12.4. The molecule has 3 N–H and O–H groups in total. The number of carbonyl (C=O) groups is 1. The van der Waals surface area contributed by atoms with Gasteiger partial charge in [0, 0.05) is 22.3 Å². The van der Waals surface area contributed by atoms with Gasteiger partial charge in [0.2, 0.25) is 3.79 Å². The maximum Gasteiger partial charge on any atom is 0.271 e. The zero-order chi connectivity index (χ0) is 20.9. The standard InChI is InChI=1S/C16H12BrCl3N4O3S/c17-12-7-2-1-6-11(12)13(25)22-14(16(18,19)20)23-15(28)21-9-4-3-5-10(8-9)24(26)27/h1-8,14H,(H,22,25)(H2,21,23,28)/t14-/m1/s1. The van der Waals surface area contributed by atoms with Crippen LogP contribution in [0.15, 0.2) is 53.0 Å². The van der Waals surface area contributed by atoms with Crippen molar-refractivity contribution in [2.45, 2.75) is 9.96 Å². The minimum atomic E-state index is -1.94. The molecule has 12 heteroatoms. The first-order valence-electron chi connectivity index (χ1n) is 7.52. The molecule has 0 fully saturated rings. The molecule has 0 aliphatic carbocycles. The fourth-order valence-electron chi connectivity index (χ4n) is 2.05. The molecule has 28 heavy (non-hydrogen) atoms. The van der Waals surface area contributed by atoms with Gasteiger partial charge in [-0.3, -0.25) is 14.9 Å². The number of hydrogen-bond acceptors (Lipinski definition) is 4. The quantitative estimate of drug-likeness (QED) is 0.171. The minimum Gasteiger partial charge on any atom is -0.339 e. The first-order valence-corrected chi connectivity index (χ1v) is 9.85. The van der Waals surface area contributed by atoms with Crippen molar-refractivity contribution in [3.63, 3.8) is 0 Å². The van der Waals surface area contributed by atoms with Crippen LogP contribution in [0.1, 0.15) is 10.4 Å². The van der Waals surface area contributed by atoms with Crippen molar-refractivity contribution in [2.75, 3.05) is 5.32 Å². The van der Waals surface area contributed by atoms with E-state index in [4.69, 9.17) is 47.0 Å². The average Bonchev–Trinajstić information content (AvgIpc) is 2.60. The van der Waals surface area contributed by atoms with E-state index < -0.39 is 20.8 Å². The van der Waals surface area contributed by atoms with Gasteiger partial charge in [-0.15, -0.1) is 0 Å². The van der Waals surface area contributed by atoms with E-state index in [0.29, 0.717) is 15.7 Å². The monoisotopic (exact) mass is 524 g/mol. The lowest BCUT2D eigenvalue weighted by molar-refractivity contribution is -0.384. The number of nitrogens with one attached hydrogen (secondary N) is 3. The Morgan fingerprint density at radius 3 is 2.43 bits per heavy atom. The maximum absolute atomic E-state index is 12.5. The predicted molar refractivity (Wildman–Crippen MR) is 118 cm³/mol. The Bertz CT molecular complexity index is 911. The van der Waals surface area contributed by atoms with Crippen molar-refractivity contribution >= 4 is 85.3 Å². The van der Waals surface area contributed by atoms with E-state index in [1.54, 1.807) is 30.3 Å². The van der Waals surface area contributed by atoms with E-state index >= 15 is 0 Å². The van der Waals surface area contributed by atoms with Crippen LogP contribution in [0.4, 0.5) is 11.4 Å². The van der Waals surface area contributed by atoms with Crippen LogP contribution in [0.2, 0.25) is 0 Å². The summed E-state index contributed by atoms with van der Waals surface area (Å²) < 4.78 is -1.38. The molecule has 2 aromatic carbocycles. The summed E-state index contributed by atoms with van der Waals surface area (Å²) in [5, 5.41) is 18.8. The van der Waals surface area contributed by atoms with Crippen LogP contribution in [0.25, 0.3) is 0 Å². The average molecular weight is 527 g/mol. The molecule has 0 aliphatic heterocycles. The zero-order valence-corrected chi connectivity index (χ0v) is 18.5. The molecule has 0 unspecified atom stereocenters. The molecule has 0 saturated carbocycles. The van der Waals surface area contributed by atoms with Gasteiger partial charge < -0.3 is 16.0 Å². The lowest BCUT2D eigenvalue weighted by Gasteiger charge is -2.28. The van der Waals surface area contributed by atoms with Crippen LogP contribution in [0.3, 0.4) is 0 Å². The summed E-state index contributed by atoms with van der Waals surface area (Å²) in [4.78, 5) is 22.8. The van der Waals surface area contributed by atoms with Crippen molar-refractivity contribution in [1.29, 1.82) is 0 Å². The summed E-state index contributed by atoms with van der Waals surface area (Å²) in [6.45, 7) is 0. The second-order valence-corrected chi connectivity index (χ2v) is 8.97. The van der Waals surface area contributed by atoms with E-state index in [1.165, 1.54) is 18.2 Å². The molecular weight excluding hydrogens is 515 g/mol. The predicted octanol–water partition coefficient (Wildman–Crippen LogP) is 4.77. The normalized spacial score (nSPS) is 12.0. The van der Waals surface area contributed by atoms with Crippen molar-refractivity contribution < 1.29 is 9.72 Å². The third kappa shape index (κ3) is 6.46. The zero-order valence-electron chi connectivity index (χ0n) is 13.8. The molecule has 7 nitrogen and oxygen atoms in total. The van der Waals surface area contributed by atoms with Crippen LogP contribution < -0.4 is 16.0 Å². The third-order valence-electron chi connectivity index (χ3n) is 3.31. The molecule has 0 saturated heterocycles. The molecule has 0 aromatic heterocycles. The number of amides is 1. The molecule has 0 aliphatic rings. The second-order valence-electron chi connectivity index (χ2n) is 5.33. The number of anilines is 1. The van der Waals surface area contributed by atoms with Crippen LogP contribution in [0, 0.1) is 10.1 Å². The number of nitrogens with zero attached hydrogens (tertiary/aromatic N) is 1. The second kappa shape index (κ2) is 9.71. The van der Waals surface area contributed by atoms with Gasteiger partial charge >= 0.3 is 0 Å². The topological polar surface area (TPSA) is 96.3 Å². The van der Waals surface area contributed by atoms with Crippen LogP contribution in [-0.4, -0.2) is 25.9 Å². The highest BCUT2D eigenvalue weighted by atomic mass is 79.9. The fraction of sp³-hybridized carbons (Fsp3) is 0.125. The van der Waals surface area contributed by atoms with Crippen LogP contribution in [0.5, 0.6) is 0 Å². The van der Waals surface area contributed by atoms with Gasteiger partial charge in [0.05, 0.1) is 10.5 Å². The highest BCUT2D eigenvalue weighted by Gasteiger charge is 2.35. The molecule has 2 rings (SSSR count). The van der Waals surface area contributed by atoms with Gasteiger partial charge in [0.1, 0.15) is 6.17 Å².